The van der Waals surface area contributed by atoms with Crippen LogP contribution >= 0.6 is 11.6 Å². The van der Waals surface area contributed by atoms with Crippen molar-refractivity contribution in [3.8, 4) is 0 Å². The van der Waals surface area contributed by atoms with Crippen molar-refractivity contribution in [1.82, 2.24) is 9.97 Å². The number of rotatable bonds is 3. The molecule has 0 saturated carbocycles. The second-order valence-corrected chi connectivity index (χ2v) is 4.67. The van der Waals surface area contributed by atoms with Crippen molar-refractivity contribution in [3.05, 3.63) is 46.7 Å². The van der Waals surface area contributed by atoms with Crippen molar-refractivity contribution >= 4 is 23.2 Å². The second kappa shape index (κ2) is 5.23. The van der Waals surface area contributed by atoms with Gasteiger partial charge in [-0.25, -0.2) is 9.97 Å². The highest BCUT2D eigenvalue weighted by molar-refractivity contribution is 6.31. The maximum absolute atomic E-state index is 6.13. The first-order valence-electron chi connectivity index (χ1n) is 5.60. The molecule has 2 N–H and O–H groups in total. The van der Waals surface area contributed by atoms with Crippen LogP contribution in [0.3, 0.4) is 0 Å². The Kier molecular flexibility index (Phi) is 3.67. The van der Waals surface area contributed by atoms with Gasteiger partial charge in [0.2, 0.25) is 5.95 Å². The van der Waals surface area contributed by atoms with E-state index < -0.39 is 0 Å². The molecule has 0 radical (unpaired) electrons. The highest BCUT2D eigenvalue weighted by Crippen LogP contribution is 2.21. The van der Waals surface area contributed by atoms with Crippen LogP contribution in [0.2, 0.25) is 5.02 Å². The summed E-state index contributed by atoms with van der Waals surface area (Å²) < 4.78 is 0. The highest BCUT2D eigenvalue weighted by atomic mass is 35.5. The lowest BCUT2D eigenvalue weighted by atomic mass is 10.2. The molecule has 0 aliphatic rings. The average Bonchev–Trinajstić information content (AvgIpc) is 2.34. The third kappa shape index (κ3) is 2.90. The number of nitrogens with zero attached hydrogens (tertiary/aromatic N) is 3. The molecular weight excluding hydrogens is 248 g/mol. The number of halogens is 1. The van der Waals surface area contributed by atoms with Crippen LogP contribution in [-0.4, -0.2) is 17.0 Å². The number of aromatic nitrogens is 2. The number of aryl methyl sites for hydroxylation is 1. The largest absolute Gasteiger partial charge is 0.399 e. The van der Waals surface area contributed by atoms with Crippen LogP contribution < -0.4 is 10.6 Å². The lowest BCUT2D eigenvalue weighted by Crippen LogP contribution is -2.19. The zero-order valence-corrected chi connectivity index (χ0v) is 11.1. The fourth-order valence-corrected chi connectivity index (χ4v) is 1.80. The number of anilines is 2. The quantitative estimate of drug-likeness (QED) is 0.864. The van der Waals surface area contributed by atoms with E-state index in [1.807, 2.05) is 24.9 Å². The van der Waals surface area contributed by atoms with Gasteiger partial charge >= 0.3 is 0 Å². The standard InChI is InChI=1S/C13H15ClN4/c1-9-6-16-13(17-7-9)18(2)8-10-5-11(15)3-4-12(10)14/h3-7H,8,15H2,1-2H3. The Morgan fingerprint density at radius 1 is 1.28 bits per heavy atom. The molecule has 18 heavy (non-hydrogen) atoms. The van der Waals surface area contributed by atoms with Crippen LogP contribution in [0, 0.1) is 6.92 Å². The van der Waals surface area contributed by atoms with Crippen LogP contribution in [0.25, 0.3) is 0 Å². The van der Waals surface area contributed by atoms with Gasteiger partial charge in [-0.2, -0.15) is 0 Å². The molecule has 0 saturated heterocycles. The summed E-state index contributed by atoms with van der Waals surface area (Å²) in [5, 5.41) is 0.697. The first-order valence-corrected chi connectivity index (χ1v) is 5.98. The molecule has 0 unspecified atom stereocenters. The van der Waals surface area contributed by atoms with Gasteiger partial charge in [0, 0.05) is 36.7 Å². The summed E-state index contributed by atoms with van der Waals surface area (Å²) in [5.41, 5.74) is 8.45. The Labute approximate surface area is 111 Å². The van der Waals surface area contributed by atoms with Crippen molar-refractivity contribution in [2.45, 2.75) is 13.5 Å². The predicted molar refractivity (Wildman–Crippen MR) is 74.7 cm³/mol. The minimum atomic E-state index is 0.618. The molecule has 1 heterocycles. The molecule has 0 amide bonds. The summed E-state index contributed by atoms with van der Waals surface area (Å²) in [5.74, 6) is 0.666. The molecular formula is C13H15ClN4. The zero-order chi connectivity index (χ0) is 13.1. The molecule has 1 aromatic carbocycles. The summed E-state index contributed by atoms with van der Waals surface area (Å²) in [4.78, 5) is 10.5. The van der Waals surface area contributed by atoms with E-state index in [0.717, 1.165) is 11.1 Å². The van der Waals surface area contributed by atoms with Gasteiger partial charge in [0.15, 0.2) is 0 Å². The Bertz CT molecular complexity index is 539. The van der Waals surface area contributed by atoms with Gasteiger partial charge in [0.05, 0.1) is 0 Å². The summed E-state index contributed by atoms with van der Waals surface area (Å²) in [6.07, 6.45) is 3.58. The summed E-state index contributed by atoms with van der Waals surface area (Å²) >= 11 is 6.13. The molecule has 2 rings (SSSR count). The fourth-order valence-electron chi connectivity index (χ4n) is 1.62. The first-order chi connectivity index (χ1) is 8.56. The molecule has 0 atom stereocenters. The van der Waals surface area contributed by atoms with Crippen molar-refractivity contribution in [1.29, 1.82) is 0 Å². The van der Waals surface area contributed by atoms with E-state index in [4.69, 9.17) is 17.3 Å². The molecule has 0 spiro atoms. The number of hydrogen-bond donors (Lipinski definition) is 1. The summed E-state index contributed by atoms with van der Waals surface area (Å²) in [6.45, 7) is 2.57. The third-order valence-electron chi connectivity index (χ3n) is 2.59. The van der Waals surface area contributed by atoms with Crippen molar-refractivity contribution in [2.24, 2.45) is 0 Å². The lowest BCUT2D eigenvalue weighted by Gasteiger charge is -2.18. The van der Waals surface area contributed by atoms with Gasteiger partial charge in [-0.3, -0.25) is 0 Å². The van der Waals surface area contributed by atoms with E-state index >= 15 is 0 Å². The van der Waals surface area contributed by atoms with Gasteiger partial charge in [0.25, 0.3) is 0 Å². The molecule has 94 valence electrons. The minimum absolute atomic E-state index is 0.618. The van der Waals surface area contributed by atoms with E-state index in [2.05, 4.69) is 9.97 Å². The maximum atomic E-state index is 6.13. The molecule has 5 heteroatoms. The monoisotopic (exact) mass is 262 g/mol. The molecule has 4 nitrogen and oxygen atoms in total. The second-order valence-electron chi connectivity index (χ2n) is 4.27. The minimum Gasteiger partial charge on any atom is -0.399 e. The van der Waals surface area contributed by atoms with E-state index in [1.165, 1.54) is 0 Å². The third-order valence-corrected chi connectivity index (χ3v) is 2.95. The average molecular weight is 263 g/mol. The topological polar surface area (TPSA) is 55.0 Å². The highest BCUT2D eigenvalue weighted by Gasteiger charge is 2.08. The van der Waals surface area contributed by atoms with Gasteiger partial charge in [-0.1, -0.05) is 11.6 Å². The number of hydrogen-bond acceptors (Lipinski definition) is 4. The summed E-state index contributed by atoms with van der Waals surface area (Å²) in [6, 6.07) is 5.46. The SMILES string of the molecule is Cc1cnc(N(C)Cc2cc(N)ccc2Cl)nc1. The van der Waals surface area contributed by atoms with E-state index in [9.17, 15) is 0 Å². The van der Waals surface area contributed by atoms with Crippen LogP contribution in [-0.2, 0) is 6.54 Å². The molecule has 0 fully saturated rings. The van der Waals surface area contributed by atoms with Crippen LogP contribution in [0.15, 0.2) is 30.6 Å². The van der Waals surface area contributed by atoms with Crippen LogP contribution in [0.5, 0.6) is 0 Å². The smallest absolute Gasteiger partial charge is 0.225 e. The van der Waals surface area contributed by atoms with Gasteiger partial charge < -0.3 is 10.6 Å². The zero-order valence-electron chi connectivity index (χ0n) is 10.4. The van der Waals surface area contributed by atoms with Crippen LogP contribution in [0.1, 0.15) is 11.1 Å². The normalized spacial score (nSPS) is 10.4. The lowest BCUT2D eigenvalue weighted by molar-refractivity contribution is 0.864. The Morgan fingerprint density at radius 2 is 1.94 bits per heavy atom. The van der Waals surface area contributed by atoms with E-state index in [-0.39, 0.29) is 0 Å². The fraction of sp³-hybridized carbons (Fsp3) is 0.231. The van der Waals surface area contributed by atoms with Crippen molar-refractivity contribution in [3.63, 3.8) is 0 Å². The number of nitrogen functional groups attached to an aromatic ring is 1. The Balaban J connectivity index is 2.18. The molecule has 2 aromatic rings. The molecule has 1 aromatic heterocycles. The van der Waals surface area contributed by atoms with E-state index in [0.29, 0.717) is 23.2 Å². The number of benzene rings is 1. The Hall–Kier alpha value is -1.81. The summed E-state index contributed by atoms with van der Waals surface area (Å²) in [7, 11) is 1.92. The Morgan fingerprint density at radius 3 is 2.61 bits per heavy atom. The van der Waals surface area contributed by atoms with Gasteiger partial charge in [-0.15, -0.1) is 0 Å². The van der Waals surface area contributed by atoms with Crippen molar-refractivity contribution in [2.75, 3.05) is 17.7 Å². The first kappa shape index (κ1) is 12.6. The maximum Gasteiger partial charge on any atom is 0.225 e. The molecule has 0 aliphatic carbocycles. The van der Waals surface area contributed by atoms with Gasteiger partial charge in [-0.05, 0) is 36.2 Å². The van der Waals surface area contributed by atoms with Crippen molar-refractivity contribution < 1.29 is 0 Å². The predicted octanol–water partition coefficient (Wildman–Crippen LogP) is 2.66. The molecule has 0 bridgehead atoms. The number of nitrogens with two attached hydrogens (primary N) is 1. The molecule has 0 aliphatic heterocycles. The van der Waals surface area contributed by atoms with E-state index in [1.54, 1.807) is 24.5 Å². The van der Waals surface area contributed by atoms with Crippen LogP contribution in [0.4, 0.5) is 11.6 Å². The van der Waals surface area contributed by atoms with Gasteiger partial charge in [0.1, 0.15) is 0 Å².